The van der Waals surface area contributed by atoms with E-state index >= 15 is 0 Å². The topological polar surface area (TPSA) is 35.2 Å². The van der Waals surface area contributed by atoms with Crippen LogP contribution in [0, 0.1) is 0 Å². The molecule has 0 saturated heterocycles. The molecule has 0 fully saturated rings. The number of rotatable bonds is 5. The van der Waals surface area contributed by atoms with Gasteiger partial charge in [0.2, 0.25) is 0 Å². The highest BCUT2D eigenvalue weighted by atomic mass is 35.5. The second kappa shape index (κ2) is 7.21. The van der Waals surface area contributed by atoms with Gasteiger partial charge in [-0.2, -0.15) is 0 Å². The first-order valence-corrected chi connectivity index (χ1v) is 3.29. The van der Waals surface area contributed by atoms with Gasteiger partial charge >= 0.3 is 0 Å². The van der Waals surface area contributed by atoms with E-state index in [1.54, 1.807) is 0 Å². The standard InChI is InChI=1S/C5H12ClNO/c6-2-1-4-8-5-3-7/h1-5,7H2. The van der Waals surface area contributed by atoms with Crippen molar-refractivity contribution in [2.24, 2.45) is 5.73 Å². The summed E-state index contributed by atoms with van der Waals surface area (Å²) in [7, 11) is 0. The van der Waals surface area contributed by atoms with Crippen LogP contribution < -0.4 is 5.73 Å². The molecule has 0 aromatic heterocycles. The van der Waals surface area contributed by atoms with Crippen molar-refractivity contribution in [3.63, 3.8) is 0 Å². The molecule has 0 bridgehead atoms. The maximum absolute atomic E-state index is 5.37. The molecule has 2 nitrogen and oxygen atoms in total. The number of nitrogens with two attached hydrogens (primary N) is 1. The third-order valence-electron chi connectivity index (χ3n) is 0.684. The molecule has 0 aliphatic heterocycles. The van der Waals surface area contributed by atoms with Crippen molar-refractivity contribution in [1.82, 2.24) is 0 Å². The van der Waals surface area contributed by atoms with Gasteiger partial charge in [0.1, 0.15) is 0 Å². The van der Waals surface area contributed by atoms with Crippen LogP contribution in [0.1, 0.15) is 6.42 Å². The van der Waals surface area contributed by atoms with Crippen molar-refractivity contribution in [1.29, 1.82) is 0 Å². The van der Waals surface area contributed by atoms with Gasteiger partial charge in [-0.05, 0) is 6.42 Å². The average molecular weight is 138 g/mol. The molecule has 0 atom stereocenters. The molecule has 0 heterocycles. The fourth-order valence-corrected chi connectivity index (χ4v) is 0.451. The minimum atomic E-state index is 0.599. The Morgan fingerprint density at radius 3 is 2.62 bits per heavy atom. The molecule has 0 rings (SSSR count). The van der Waals surface area contributed by atoms with Crippen molar-refractivity contribution in [3.8, 4) is 0 Å². The summed E-state index contributed by atoms with van der Waals surface area (Å²) in [6.45, 7) is 1.99. The lowest BCUT2D eigenvalue weighted by molar-refractivity contribution is 0.143. The number of hydrogen-bond acceptors (Lipinski definition) is 2. The first kappa shape index (κ1) is 8.21. The van der Waals surface area contributed by atoms with Gasteiger partial charge in [0.15, 0.2) is 0 Å². The van der Waals surface area contributed by atoms with Crippen LogP contribution >= 0.6 is 11.6 Å². The van der Waals surface area contributed by atoms with Crippen LogP contribution in [0.2, 0.25) is 0 Å². The van der Waals surface area contributed by atoms with Gasteiger partial charge in [-0.25, -0.2) is 0 Å². The Bertz CT molecular complexity index is 37.4. The quantitative estimate of drug-likeness (QED) is 0.445. The molecule has 0 radical (unpaired) electrons. The third kappa shape index (κ3) is 6.21. The zero-order valence-corrected chi connectivity index (χ0v) is 5.66. The summed E-state index contributed by atoms with van der Waals surface area (Å²) in [6.07, 6.45) is 0.918. The van der Waals surface area contributed by atoms with E-state index in [0.29, 0.717) is 19.0 Å². The number of hydrogen-bond donors (Lipinski definition) is 1. The van der Waals surface area contributed by atoms with E-state index in [0.717, 1.165) is 13.0 Å². The van der Waals surface area contributed by atoms with Crippen molar-refractivity contribution in [3.05, 3.63) is 0 Å². The largest absolute Gasteiger partial charge is 0.380 e. The molecule has 0 aliphatic carbocycles. The molecule has 0 saturated carbocycles. The summed E-state index contributed by atoms with van der Waals surface area (Å²) in [5.74, 6) is 0.671. The minimum Gasteiger partial charge on any atom is -0.380 e. The van der Waals surface area contributed by atoms with Crippen molar-refractivity contribution >= 4 is 11.6 Å². The highest BCUT2D eigenvalue weighted by Crippen LogP contribution is 1.84. The van der Waals surface area contributed by atoms with E-state index in [1.165, 1.54) is 0 Å². The number of halogens is 1. The normalized spacial score (nSPS) is 9.75. The number of alkyl halides is 1. The fraction of sp³-hybridized carbons (Fsp3) is 1.00. The van der Waals surface area contributed by atoms with E-state index < -0.39 is 0 Å². The van der Waals surface area contributed by atoms with Gasteiger partial charge < -0.3 is 10.5 Å². The van der Waals surface area contributed by atoms with E-state index in [4.69, 9.17) is 22.1 Å². The summed E-state index contributed by atoms with van der Waals surface area (Å²) in [4.78, 5) is 0. The Morgan fingerprint density at radius 1 is 1.38 bits per heavy atom. The Balaban J connectivity index is 2.53. The minimum absolute atomic E-state index is 0.599. The Labute approximate surface area is 55.0 Å². The zero-order valence-electron chi connectivity index (χ0n) is 4.90. The molecular weight excluding hydrogens is 126 g/mol. The fourth-order valence-electron chi connectivity index (χ4n) is 0.342. The van der Waals surface area contributed by atoms with Crippen LogP contribution in [-0.2, 0) is 4.74 Å². The third-order valence-corrected chi connectivity index (χ3v) is 0.952. The lowest BCUT2D eigenvalue weighted by Crippen LogP contribution is -2.08. The van der Waals surface area contributed by atoms with Crippen LogP contribution in [0.25, 0.3) is 0 Å². The van der Waals surface area contributed by atoms with Gasteiger partial charge in [-0.15, -0.1) is 11.6 Å². The highest BCUT2D eigenvalue weighted by molar-refractivity contribution is 6.17. The first-order valence-electron chi connectivity index (χ1n) is 2.75. The van der Waals surface area contributed by atoms with Gasteiger partial charge in [-0.1, -0.05) is 0 Å². The number of ether oxygens (including phenoxy) is 1. The molecular formula is C5H12ClNO. The van der Waals surface area contributed by atoms with Crippen molar-refractivity contribution in [2.75, 3.05) is 25.6 Å². The molecule has 50 valence electrons. The molecule has 2 N–H and O–H groups in total. The second-order valence-electron chi connectivity index (χ2n) is 1.44. The highest BCUT2D eigenvalue weighted by Gasteiger charge is 1.82. The SMILES string of the molecule is NCCOCCCCl. The maximum atomic E-state index is 5.37. The summed E-state index contributed by atoms with van der Waals surface area (Å²) >= 11 is 5.37. The summed E-state index contributed by atoms with van der Waals surface area (Å²) in [5, 5.41) is 0. The van der Waals surface area contributed by atoms with Gasteiger partial charge in [-0.3, -0.25) is 0 Å². The monoisotopic (exact) mass is 137 g/mol. The molecule has 0 aliphatic rings. The van der Waals surface area contributed by atoms with E-state index in [2.05, 4.69) is 0 Å². The van der Waals surface area contributed by atoms with Crippen molar-refractivity contribution < 1.29 is 4.74 Å². The first-order chi connectivity index (χ1) is 3.91. The van der Waals surface area contributed by atoms with Gasteiger partial charge in [0.25, 0.3) is 0 Å². The zero-order chi connectivity index (χ0) is 6.24. The molecule has 0 spiro atoms. The van der Waals surface area contributed by atoms with E-state index in [1.807, 2.05) is 0 Å². The summed E-state index contributed by atoms with van der Waals surface area (Å²) in [6, 6.07) is 0. The Morgan fingerprint density at radius 2 is 2.12 bits per heavy atom. The van der Waals surface area contributed by atoms with Crippen LogP contribution in [-0.4, -0.2) is 25.6 Å². The lowest BCUT2D eigenvalue weighted by Gasteiger charge is -1.97. The molecule has 0 amide bonds. The summed E-state index contributed by atoms with van der Waals surface area (Å²) in [5.41, 5.74) is 5.15. The maximum Gasteiger partial charge on any atom is 0.0588 e. The van der Waals surface area contributed by atoms with E-state index in [-0.39, 0.29) is 0 Å². The lowest BCUT2D eigenvalue weighted by atomic mass is 10.5. The molecule has 0 aromatic carbocycles. The van der Waals surface area contributed by atoms with Crippen molar-refractivity contribution in [2.45, 2.75) is 6.42 Å². The molecule has 8 heavy (non-hydrogen) atoms. The smallest absolute Gasteiger partial charge is 0.0588 e. The van der Waals surface area contributed by atoms with Gasteiger partial charge in [0.05, 0.1) is 6.61 Å². The van der Waals surface area contributed by atoms with E-state index in [9.17, 15) is 0 Å². The van der Waals surface area contributed by atoms with Crippen LogP contribution in [0.15, 0.2) is 0 Å². The Kier molecular flexibility index (Phi) is 7.40. The molecule has 3 heteroatoms. The van der Waals surface area contributed by atoms with Crippen LogP contribution in [0.4, 0.5) is 0 Å². The molecule has 0 unspecified atom stereocenters. The van der Waals surface area contributed by atoms with Crippen LogP contribution in [0.5, 0.6) is 0 Å². The second-order valence-corrected chi connectivity index (χ2v) is 1.82. The summed E-state index contributed by atoms with van der Waals surface area (Å²) < 4.78 is 5.01. The molecule has 0 aromatic rings. The Hall–Kier alpha value is 0.210. The van der Waals surface area contributed by atoms with Gasteiger partial charge in [0, 0.05) is 19.0 Å². The van der Waals surface area contributed by atoms with Crippen LogP contribution in [0.3, 0.4) is 0 Å². The predicted octanol–water partition coefficient (Wildman–Crippen LogP) is 0.591. The predicted molar refractivity (Wildman–Crippen MR) is 35.2 cm³/mol. The average Bonchev–Trinajstić information content (AvgIpc) is 1.81.